The molecule has 8 heteroatoms. The van der Waals surface area contributed by atoms with Crippen molar-refractivity contribution in [3.63, 3.8) is 0 Å². The Bertz CT molecular complexity index is 697. The molecule has 1 amide bonds. The van der Waals surface area contributed by atoms with Crippen molar-refractivity contribution in [1.29, 1.82) is 0 Å². The molecule has 25 heavy (non-hydrogen) atoms. The molecule has 0 spiro atoms. The van der Waals surface area contributed by atoms with Gasteiger partial charge in [-0.3, -0.25) is 4.79 Å². The molecule has 0 aliphatic heterocycles. The van der Waals surface area contributed by atoms with Gasteiger partial charge in [0, 0.05) is 30.0 Å². The molecule has 6 nitrogen and oxygen atoms in total. The van der Waals surface area contributed by atoms with E-state index in [1.54, 1.807) is 12.1 Å². The highest BCUT2D eigenvalue weighted by atomic mass is 35.5. The van der Waals surface area contributed by atoms with Crippen molar-refractivity contribution in [2.45, 2.75) is 44.1 Å². The number of nitrogens with two attached hydrogens (primary N) is 1. The molecule has 1 fully saturated rings. The first-order valence-electron chi connectivity index (χ1n) is 8.20. The topological polar surface area (TPSA) is 94.0 Å². The Labute approximate surface area is 157 Å². The zero-order chi connectivity index (χ0) is 17.0. The average Bonchev–Trinajstić information content (AvgIpc) is 3.24. The van der Waals surface area contributed by atoms with Gasteiger partial charge < -0.3 is 15.6 Å². The van der Waals surface area contributed by atoms with Gasteiger partial charge in [-0.15, -0.1) is 12.4 Å². The van der Waals surface area contributed by atoms with Crippen LogP contribution in [-0.2, 0) is 11.2 Å². The van der Waals surface area contributed by atoms with Crippen molar-refractivity contribution in [2.24, 2.45) is 5.73 Å². The number of benzene rings is 1. The highest BCUT2D eigenvalue weighted by molar-refractivity contribution is 6.30. The van der Waals surface area contributed by atoms with E-state index in [0.717, 1.165) is 31.2 Å². The maximum absolute atomic E-state index is 12.2. The van der Waals surface area contributed by atoms with Crippen LogP contribution >= 0.6 is 24.0 Å². The van der Waals surface area contributed by atoms with Gasteiger partial charge in [-0.1, -0.05) is 29.6 Å². The molecular formula is C17H22Cl2N4O2. The number of carbonyl (C=O) groups is 1. The van der Waals surface area contributed by atoms with Crippen molar-refractivity contribution in [3.05, 3.63) is 35.2 Å². The lowest BCUT2D eigenvalue weighted by Gasteiger charge is -2.28. The van der Waals surface area contributed by atoms with Gasteiger partial charge in [0.1, 0.15) is 0 Å². The summed E-state index contributed by atoms with van der Waals surface area (Å²) in [5.41, 5.74) is 6.44. The van der Waals surface area contributed by atoms with E-state index >= 15 is 0 Å². The van der Waals surface area contributed by atoms with Crippen LogP contribution in [0.5, 0.6) is 0 Å². The summed E-state index contributed by atoms with van der Waals surface area (Å²) in [6, 6.07) is 7.20. The zero-order valence-corrected chi connectivity index (χ0v) is 15.4. The molecule has 1 aliphatic carbocycles. The maximum atomic E-state index is 12.2. The summed E-state index contributed by atoms with van der Waals surface area (Å²) in [4.78, 5) is 16.5. The normalized spacial score (nSPS) is 15.6. The fourth-order valence-electron chi connectivity index (χ4n) is 3.08. The van der Waals surface area contributed by atoms with E-state index in [0.29, 0.717) is 36.1 Å². The minimum atomic E-state index is -0.222. The first kappa shape index (κ1) is 19.7. The molecule has 1 aromatic heterocycles. The largest absolute Gasteiger partial charge is 0.349 e. The quantitative estimate of drug-likeness (QED) is 0.797. The molecule has 0 radical (unpaired) electrons. The SMILES string of the molecule is Cl.NCC1(NC(=O)CCc2nc(-c3ccc(Cl)cc3)no2)CCCC1. The molecule has 1 heterocycles. The summed E-state index contributed by atoms with van der Waals surface area (Å²) in [6.07, 6.45) is 4.86. The van der Waals surface area contributed by atoms with Gasteiger partial charge in [0.25, 0.3) is 0 Å². The smallest absolute Gasteiger partial charge is 0.227 e. The first-order chi connectivity index (χ1) is 11.6. The van der Waals surface area contributed by atoms with Crippen LogP contribution in [-0.4, -0.2) is 28.1 Å². The van der Waals surface area contributed by atoms with Crippen LogP contribution in [0.15, 0.2) is 28.8 Å². The highest BCUT2D eigenvalue weighted by Gasteiger charge is 2.33. The number of halogens is 2. The monoisotopic (exact) mass is 384 g/mol. The van der Waals surface area contributed by atoms with Crippen molar-refractivity contribution < 1.29 is 9.32 Å². The van der Waals surface area contributed by atoms with Gasteiger partial charge in [0.05, 0.1) is 5.54 Å². The minimum absolute atomic E-state index is 0. The summed E-state index contributed by atoms with van der Waals surface area (Å²) in [5, 5.41) is 7.69. The van der Waals surface area contributed by atoms with Crippen molar-refractivity contribution >= 4 is 29.9 Å². The Hall–Kier alpha value is -1.63. The minimum Gasteiger partial charge on any atom is -0.349 e. The fourth-order valence-corrected chi connectivity index (χ4v) is 3.21. The molecule has 136 valence electrons. The molecule has 3 N–H and O–H groups in total. The second-order valence-electron chi connectivity index (χ2n) is 6.26. The molecule has 3 rings (SSSR count). The number of nitrogens with zero attached hydrogens (tertiary/aromatic N) is 2. The van der Waals surface area contributed by atoms with E-state index in [9.17, 15) is 4.79 Å². The van der Waals surface area contributed by atoms with Crippen LogP contribution in [0, 0.1) is 0 Å². The van der Waals surface area contributed by atoms with Crippen LogP contribution in [0.2, 0.25) is 5.02 Å². The zero-order valence-electron chi connectivity index (χ0n) is 13.8. The first-order valence-corrected chi connectivity index (χ1v) is 8.58. The average molecular weight is 385 g/mol. The van der Waals surface area contributed by atoms with E-state index < -0.39 is 0 Å². The lowest BCUT2D eigenvalue weighted by molar-refractivity contribution is -0.123. The summed E-state index contributed by atoms with van der Waals surface area (Å²) >= 11 is 5.86. The number of hydrogen-bond donors (Lipinski definition) is 2. The molecule has 1 aliphatic rings. The molecular weight excluding hydrogens is 363 g/mol. The second kappa shape index (κ2) is 8.65. The van der Waals surface area contributed by atoms with Crippen LogP contribution in [0.1, 0.15) is 38.0 Å². The van der Waals surface area contributed by atoms with E-state index in [2.05, 4.69) is 15.5 Å². The van der Waals surface area contributed by atoms with Gasteiger partial charge >= 0.3 is 0 Å². The van der Waals surface area contributed by atoms with E-state index in [-0.39, 0.29) is 23.9 Å². The number of amides is 1. The summed E-state index contributed by atoms with van der Waals surface area (Å²) in [7, 11) is 0. The molecule has 0 unspecified atom stereocenters. The number of carbonyl (C=O) groups excluding carboxylic acids is 1. The molecule has 1 aromatic carbocycles. The number of rotatable bonds is 6. The Morgan fingerprint density at radius 1 is 1.28 bits per heavy atom. The van der Waals surface area contributed by atoms with E-state index in [1.807, 2.05) is 12.1 Å². The van der Waals surface area contributed by atoms with Gasteiger partial charge in [0.15, 0.2) is 0 Å². The predicted octanol–water partition coefficient (Wildman–Crippen LogP) is 3.13. The number of aryl methyl sites for hydroxylation is 1. The summed E-state index contributed by atoms with van der Waals surface area (Å²) in [5.74, 6) is 0.924. The third kappa shape index (κ3) is 4.93. The Morgan fingerprint density at radius 3 is 2.60 bits per heavy atom. The van der Waals surface area contributed by atoms with E-state index in [1.165, 1.54) is 0 Å². The lowest BCUT2D eigenvalue weighted by atomic mass is 9.97. The van der Waals surface area contributed by atoms with Crippen LogP contribution < -0.4 is 11.1 Å². The molecule has 2 aromatic rings. The Kier molecular flexibility index (Phi) is 6.81. The third-order valence-electron chi connectivity index (χ3n) is 4.49. The van der Waals surface area contributed by atoms with Crippen LogP contribution in [0.4, 0.5) is 0 Å². The van der Waals surface area contributed by atoms with Gasteiger partial charge in [-0.05, 0) is 37.1 Å². The van der Waals surface area contributed by atoms with E-state index in [4.69, 9.17) is 21.9 Å². The van der Waals surface area contributed by atoms with Crippen molar-refractivity contribution in [2.75, 3.05) is 6.54 Å². The van der Waals surface area contributed by atoms with Crippen LogP contribution in [0.25, 0.3) is 11.4 Å². The highest BCUT2D eigenvalue weighted by Crippen LogP contribution is 2.28. The van der Waals surface area contributed by atoms with Crippen LogP contribution in [0.3, 0.4) is 0 Å². The lowest BCUT2D eigenvalue weighted by Crippen LogP contribution is -2.51. The van der Waals surface area contributed by atoms with Gasteiger partial charge in [-0.2, -0.15) is 4.98 Å². The maximum Gasteiger partial charge on any atom is 0.227 e. The summed E-state index contributed by atoms with van der Waals surface area (Å²) < 4.78 is 5.22. The number of aromatic nitrogens is 2. The number of nitrogens with one attached hydrogen (secondary N) is 1. The van der Waals surface area contributed by atoms with Gasteiger partial charge in [-0.25, -0.2) is 0 Å². The molecule has 0 saturated heterocycles. The third-order valence-corrected chi connectivity index (χ3v) is 4.74. The van der Waals surface area contributed by atoms with Gasteiger partial charge in [0.2, 0.25) is 17.6 Å². The second-order valence-corrected chi connectivity index (χ2v) is 6.69. The molecule has 1 saturated carbocycles. The Balaban J connectivity index is 0.00000225. The van der Waals surface area contributed by atoms with Crippen molar-refractivity contribution in [3.8, 4) is 11.4 Å². The predicted molar refractivity (Wildman–Crippen MR) is 98.7 cm³/mol. The number of hydrogen-bond acceptors (Lipinski definition) is 5. The Morgan fingerprint density at radius 2 is 1.96 bits per heavy atom. The molecule has 0 bridgehead atoms. The molecule has 0 atom stereocenters. The standard InChI is InChI=1S/C17H21ClN4O2.ClH/c18-13-5-3-12(4-6-13)16-20-15(24-22-16)8-7-14(23)21-17(11-19)9-1-2-10-17;/h3-6H,1-2,7-11,19H2,(H,21,23);1H. The summed E-state index contributed by atoms with van der Waals surface area (Å²) in [6.45, 7) is 0.486. The fraction of sp³-hybridized carbons (Fsp3) is 0.471. The van der Waals surface area contributed by atoms with Crippen molar-refractivity contribution in [1.82, 2.24) is 15.5 Å².